The van der Waals surface area contributed by atoms with Crippen molar-refractivity contribution in [1.29, 1.82) is 0 Å². The fourth-order valence-corrected chi connectivity index (χ4v) is 6.24. The van der Waals surface area contributed by atoms with Crippen LogP contribution < -0.4 is 14.8 Å². The maximum atomic E-state index is 12.9. The molecule has 2 aliphatic heterocycles. The molecule has 4 aromatic carbocycles. The number of methoxy groups -OCH3 is 2. The first-order valence-electron chi connectivity index (χ1n) is 15.4. The highest BCUT2D eigenvalue weighted by molar-refractivity contribution is 6.04. The number of ether oxygens (including phenoxy) is 4. The normalized spacial score (nSPS) is 21.5. The molecule has 0 saturated carbocycles. The number of carbonyl (C=O) groups is 1. The molecule has 6 rings (SSSR count). The number of hydrogen-bond donors (Lipinski definition) is 2. The van der Waals surface area contributed by atoms with Crippen LogP contribution in [0.3, 0.4) is 0 Å². The number of carbonyl (C=O) groups excluding carboxylic acids is 1. The van der Waals surface area contributed by atoms with Crippen molar-refractivity contribution >= 4 is 11.6 Å². The Bertz CT molecular complexity index is 1610. The number of benzene rings is 4. The van der Waals surface area contributed by atoms with Crippen LogP contribution in [0.1, 0.15) is 57.5 Å². The Morgan fingerprint density at radius 2 is 1.62 bits per heavy atom. The van der Waals surface area contributed by atoms with Gasteiger partial charge in [-0.05, 0) is 65.1 Å². The minimum atomic E-state index is -0.635. The molecule has 2 aliphatic rings. The van der Waals surface area contributed by atoms with E-state index < -0.39 is 6.29 Å². The van der Waals surface area contributed by atoms with Crippen LogP contribution in [0, 0.1) is 5.92 Å². The van der Waals surface area contributed by atoms with E-state index in [1.807, 2.05) is 66.7 Å². The van der Waals surface area contributed by atoms with Crippen molar-refractivity contribution in [3.63, 3.8) is 0 Å². The smallest absolute Gasteiger partial charge is 0.255 e. The quantitative estimate of drug-likeness (QED) is 0.231. The first-order chi connectivity index (χ1) is 21.9. The van der Waals surface area contributed by atoms with Crippen molar-refractivity contribution in [1.82, 2.24) is 4.90 Å². The minimum absolute atomic E-state index is 0.00962. The Hall–Kier alpha value is -4.21. The van der Waals surface area contributed by atoms with Gasteiger partial charge in [0, 0.05) is 42.4 Å². The van der Waals surface area contributed by atoms with Crippen LogP contribution in [0.2, 0.25) is 0 Å². The summed E-state index contributed by atoms with van der Waals surface area (Å²) in [6.45, 7) is 4.57. The average Bonchev–Trinajstić information content (AvgIpc) is 3.09. The Morgan fingerprint density at radius 3 is 2.33 bits per heavy atom. The lowest BCUT2D eigenvalue weighted by atomic mass is 9.89. The average molecular weight is 609 g/mol. The van der Waals surface area contributed by atoms with Gasteiger partial charge >= 0.3 is 0 Å². The van der Waals surface area contributed by atoms with Crippen molar-refractivity contribution in [2.45, 2.75) is 45.0 Å². The second-order valence-electron chi connectivity index (χ2n) is 11.7. The van der Waals surface area contributed by atoms with Crippen molar-refractivity contribution in [2.75, 3.05) is 32.6 Å². The molecule has 0 aromatic heterocycles. The SMILES string of the molecule is COc1cc2c(cc1OC)CN(C[C@@H]1O[C@H](c3cccc(NC(=O)c4ccccc4)c3)O[C@H](c3ccc(CO)cc3)[C@@H]1C)CC2. The van der Waals surface area contributed by atoms with E-state index >= 15 is 0 Å². The maximum Gasteiger partial charge on any atom is 0.255 e. The van der Waals surface area contributed by atoms with Gasteiger partial charge in [0.05, 0.1) is 33.0 Å². The minimum Gasteiger partial charge on any atom is -0.493 e. The standard InChI is InChI=1S/C37H40N2O6/c1-24-34(22-39-17-16-28-19-32(42-2)33(43-3)20-30(28)21-39)44-37(45-35(24)26-14-12-25(23-40)13-15-26)29-10-7-11-31(18-29)38-36(41)27-8-5-4-6-9-27/h4-15,18-20,24,34-35,37,40H,16-17,21-23H2,1-3H3,(H,38,41)/t24-,34+,35+,37+/m1/s1. The van der Waals surface area contributed by atoms with Crippen molar-refractivity contribution in [3.05, 3.63) is 124 Å². The van der Waals surface area contributed by atoms with E-state index in [1.165, 1.54) is 11.1 Å². The number of rotatable bonds is 9. The van der Waals surface area contributed by atoms with E-state index in [4.69, 9.17) is 18.9 Å². The molecule has 1 saturated heterocycles. The van der Waals surface area contributed by atoms with E-state index in [0.29, 0.717) is 11.3 Å². The first kappa shape index (κ1) is 30.8. The van der Waals surface area contributed by atoms with Crippen LogP contribution in [0.5, 0.6) is 11.5 Å². The molecule has 0 radical (unpaired) electrons. The van der Waals surface area contributed by atoms with Gasteiger partial charge in [-0.2, -0.15) is 0 Å². The fourth-order valence-electron chi connectivity index (χ4n) is 6.24. The largest absolute Gasteiger partial charge is 0.493 e. The Labute approximate surface area is 264 Å². The van der Waals surface area contributed by atoms with E-state index in [1.54, 1.807) is 26.4 Å². The van der Waals surface area contributed by atoms with E-state index in [0.717, 1.165) is 54.2 Å². The first-order valence-corrected chi connectivity index (χ1v) is 15.4. The van der Waals surface area contributed by atoms with Crippen LogP contribution in [-0.4, -0.2) is 49.3 Å². The molecule has 45 heavy (non-hydrogen) atoms. The summed E-state index contributed by atoms with van der Waals surface area (Å²) in [4.78, 5) is 15.3. The van der Waals surface area contributed by atoms with E-state index in [2.05, 4.69) is 29.3 Å². The van der Waals surface area contributed by atoms with Gasteiger partial charge in [-0.15, -0.1) is 0 Å². The van der Waals surface area contributed by atoms with Crippen molar-refractivity contribution in [3.8, 4) is 11.5 Å². The zero-order valence-electron chi connectivity index (χ0n) is 25.9. The third-order valence-corrected chi connectivity index (χ3v) is 8.81. The lowest BCUT2D eigenvalue weighted by Gasteiger charge is -2.43. The molecule has 0 aliphatic carbocycles. The number of nitrogens with one attached hydrogen (secondary N) is 1. The zero-order valence-corrected chi connectivity index (χ0v) is 25.9. The second kappa shape index (κ2) is 13.8. The molecule has 2 heterocycles. The molecule has 2 N–H and O–H groups in total. The summed E-state index contributed by atoms with van der Waals surface area (Å²) in [5.41, 5.74) is 6.49. The molecule has 8 heteroatoms. The summed E-state index contributed by atoms with van der Waals surface area (Å²) < 4.78 is 24.5. The van der Waals surface area contributed by atoms with Crippen LogP contribution in [0.15, 0.2) is 91.0 Å². The van der Waals surface area contributed by atoms with Crippen molar-refractivity contribution < 1.29 is 28.8 Å². The molecule has 4 aromatic rings. The molecule has 1 amide bonds. The highest BCUT2D eigenvalue weighted by Crippen LogP contribution is 2.43. The van der Waals surface area contributed by atoms with Gasteiger partial charge in [0.2, 0.25) is 0 Å². The fraction of sp³-hybridized carbons (Fsp3) is 0.324. The molecule has 0 spiro atoms. The molecular weight excluding hydrogens is 568 g/mol. The number of fused-ring (bicyclic) bond motifs is 1. The summed E-state index contributed by atoms with van der Waals surface area (Å²) in [5, 5.41) is 12.6. The molecule has 0 unspecified atom stereocenters. The van der Waals surface area contributed by atoms with Gasteiger partial charge in [0.25, 0.3) is 5.91 Å². The monoisotopic (exact) mass is 608 g/mol. The summed E-state index contributed by atoms with van der Waals surface area (Å²) in [7, 11) is 3.33. The Morgan fingerprint density at radius 1 is 0.889 bits per heavy atom. The summed E-state index contributed by atoms with van der Waals surface area (Å²) in [6, 6.07) is 28.9. The molecule has 0 bridgehead atoms. The molecule has 8 nitrogen and oxygen atoms in total. The number of anilines is 1. The zero-order chi connectivity index (χ0) is 31.3. The molecule has 4 atom stereocenters. The third-order valence-electron chi connectivity index (χ3n) is 8.81. The topological polar surface area (TPSA) is 89.5 Å². The van der Waals surface area contributed by atoms with Crippen LogP contribution in [0.25, 0.3) is 0 Å². The summed E-state index contributed by atoms with van der Waals surface area (Å²) >= 11 is 0. The van der Waals surface area contributed by atoms with Gasteiger partial charge < -0.3 is 29.4 Å². The van der Waals surface area contributed by atoms with Gasteiger partial charge in [0.1, 0.15) is 0 Å². The lowest BCUT2D eigenvalue weighted by Crippen LogP contribution is -2.45. The Balaban J connectivity index is 1.25. The second-order valence-corrected chi connectivity index (χ2v) is 11.7. The van der Waals surface area contributed by atoms with Crippen molar-refractivity contribution in [2.24, 2.45) is 5.92 Å². The van der Waals surface area contributed by atoms with Gasteiger partial charge in [-0.1, -0.05) is 61.5 Å². The number of aliphatic hydroxyl groups is 1. The lowest BCUT2D eigenvalue weighted by molar-refractivity contribution is -0.276. The molecule has 234 valence electrons. The Kier molecular flexibility index (Phi) is 9.47. The highest BCUT2D eigenvalue weighted by Gasteiger charge is 2.39. The van der Waals surface area contributed by atoms with Crippen LogP contribution >= 0.6 is 0 Å². The predicted molar refractivity (Wildman–Crippen MR) is 172 cm³/mol. The summed E-state index contributed by atoms with van der Waals surface area (Å²) in [5.74, 6) is 1.37. The van der Waals surface area contributed by atoms with Crippen LogP contribution in [-0.2, 0) is 29.0 Å². The predicted octanol–water partition coefficient (Wildman–Crippen LogP) is 6.30. The van der Waals surface area contributed by atoms with Crippen LogP contribution in [0.4, 0.5) is 5.69 Å². The molecular formula is C37H40N2O6. The number of nitrogens with zero attached hydrogens (tertiary/aromatic N) is 1. The number of hydrogen-bond acceptors (Lipinski definition) is 7. The number of amides is 1. The summed E-state index contributed by atoms with van der Waals surface area (Å²) in [6.07, 6.45) is -0.0869. The number of aliphatic hydroxyl groups excluding tert-OH is 1. The molecule has 1 fully saturated rings. The van der Waals surface area contributed by atoms with E-state index in [-0.39, 0.29) is 30.6 Å². The highest BCUT2D eigenvalue weighted by atomic mass is 16.7. The van der Waals surface area contributed by atoms with Gasteiger partial charge in [-0.3, -0.25) is 9.69 Å². The third kappa shape index (κ3) is 6.89. The van der Waals surface area contributed by atoms with Gasteiger partial charge in [-0.25, -0.2) is 0 Å². The van der Waals surface area contributed by atoms with E-state index in [9.17, 15) is 9.90 Å². The maximum absolute atomic E-state index is 12.9. The van der Waals surface area contributed by atoms with Gasteiger partial charge in [0.15, 0.2) is 17.8 Å².